The molecule has 0 saturated carbocycles. The topological polar surface area (TPSA) is 46.3 Å². The van der Waals surface area contributed by atoms with Crippen molar-refractivity contribution < 1.29 is 14.0 Å². The summed E-state index contributed by atoms with van der Waals surface area (Å²) < 4.78 is 17.6. The average molecular weight is 207 g/mol. The Hall–Kier alpha value is -1.68. The van der Waals surface area contributed by atoms with Crippen LogP contribution in [0.4, 0.5) is 4.39 Å². The Balaban J connectivity index is 2.22. The SMILES string of the molecule is OCc1conc1Cc1cccc(F)c1. The maximum absolute atomic E-state index is 12.9. The number of aliphatic hydroxyl groups is 1. The maximum Gasteiger partial charge on any atom is 0.129 e. The molecule has 1 aromatic heterocycles. The van der Waals surface area contributed by atoms with E-state index in [0.29, 0.717) is 17.7 Å². The van der Waals surface area contributed by atoms with Crippen LogP contribution >= 0.6 is 0 Å². The summed E-state index contributed by atoms with van der Waals surface area (Å²) in [6, 6.07) is 6.28. The van der Waals surface area contributed by atoms with Gasteiger partial charge in [0.15, 0.2) is 0 Å². The van der Waals surface area contributed by atoms with Gasteiger partial charge in [-0.1, -0.05) is 17.3 Å². The van der Waals surface area contributed by atoms with Crippen LogP contribution in [0, 0.1) is 5.82 Å². The zero-order valence-corrected chi connectivity index (χ0v) is 7.98. The third kappa shape index (κ3) is 2.22. The average Bonchev–Trinajstić information content (AvgIpc) is 2.65. The smallest absolute Gasteiger partial charge is 0.129 e. The van der Waals surface area contributed by atoms with Crippen LogP contribution in [0.2, 0.25) is 0 Å². The predicted octanol–water partition coefficient (Wildman–Crippen LogP) is 1.90. The summed E-state index contributed by atoms with van der Waals surface area (Å²) in [5.41, 5.74) is 2.08. The van der Waals surface area contributed by atoms with Gasteiger partial charge < -0.3 is 9.63 Å². The van der Waals surface area contributed by atoms with Gasteiger partial charge in [-0.25, -0.2) is 4.39 Å². The third-order valence-electron chi connectivity index (χ3n) is 2.16. The normalized spacial score (nSPS) is 10.5. The molecular formula is C11H10FNO2. The molecule has 1 heterocycles. The van der Waals surface area contributed by atoms with Crippen LogP contribution in [0.5, 0.6) is 0 Å². The highest BCUT2D eigenvalue weighted by Crippen LogP contribution is 2.13. The quantitative estimate of drug-likeness (QED) is 0.836. The fourth-order valence-corrected chi connectivity index (χ4v) is 1.39. The second-order valence-electron chi connectivity index (χ2n) is 3.25. The van der Waals surface area contributed by atoms with Gasteiger partial charge in [0.25, 0.3) is 0 Å². The number of benzene rings is 1. The summed E-state index contributed by atoms with van der Waals surface area (Å²) in [6.45, 7) is -0.117. The molecule has 4 heteroatoms. The zero-order chi connectivity index (χ0) is 10.7. The zero-order valence-electron chi connectivity index (χ0n) is 7.98. The largest absolute Gasteiger partial charge is 0.391 e. The number of rotatable bonds is 3. The van der Waals surface area contributed by atoms with Crippen LogP contribution in [0.1, 0.15) is 16.8 Å². The van der Waals surface area contributed by atoms with E-state index in [9.17, 15) is 4.39 Å². The highest BCUT2D eigenvalue weighted by molar-refractivity contribution is 5.25. The number of hydrogen-bond donors (Lipinski definition) is 1. The molecule has 0 atom stereocenters. The monoisotopic (exact) mass is 207 g/mol. The Morgan fingerprint density at radius 3 is 3.00 bits per heavy atom. The first kappa shape index (κ1) is 9.86. The van der Waals surface area contributed by atoms with Crippen molar-refractivity contribution in [2.45, 2.75) is 13.0 Å². The second kappa shape index (κ2) is 4.23. The van der Waals surface area contributed by atoms with Crippen LogP contribution in [0.15, 0.2) is 35.1 Å². The Bertz CT molecular complexity index is 453. The van der Waals surface area contributed by atoms with Gasteiger partial charge in [0.05, 0.1) is 12.3 Å². The van der Waals surface area contributed by atoms with E-state index in [-0.39, 0.29) is 12.4 Å². The Kier molecular flexibility index (Phi) is 2.78. The third-order valence-corrected chi connectivity index (χ3v) is 2.16. The van der Waals surface area contributed by atoms with Gasteiger partial charge in [-0.2, -0.15) is 0 Å². The van der Waals surface area contributed by atoms with E-state index in [2.05, 4.69) is 5.16 Å². The summed E-state index contributed by atoms with van der Waals surface area (Å²) in [5, 5.41) is 12.7. The van der Waals surface area contributed by atoms with Crippen LogP contribution in [-0.4, -0.2) is 10.3 Å². The molecule has 0 amide bonds. The summed E-state index contributed by atoms with van der Waals surface area (Å²) in [6.07, 6.45) is 1.86. The van der Waals surface area contributed by atoms with Crippen LogP contribution in [-0.2, 0) is 13.0 Å². The molecular weight excluding hydrogens is 197 g/mol. The molecule has 0 aliphatic rings. The van der Waals surface area contributed by atoms with E-state index < -0.39 is 0 Å². The standard InChI is InChI=1S/C11H10FNO2/c12-10-3-1-2-8(4-10)5-11-9(6-14)7-15-13-11/h1-4,7,14H,5-6H2. The highest BCUT2D eigenvalue weighted by Gasteiger charge is 2.07. The van der Waals surface area contributed by atoms with Crippen molar-refractivity contribution >= 4 is 0 Å². The molecule has 1 N–H and O–H groups in total. The second-order valence-corrected chi connectivity index (χ2v) is 3.25. The Morgan fingerprint density at radius 1 is 1.40 bits per heavy atom. The summed E-state index contributed by atoms with van der Waals surface area (Å²) in [7, 11) is 0. The lowest BCUT2D eigenvalue weighted by molar-refractivity contribution is 0.279. The van der Waals surface area contributed by atoms with Gasteiger partial charge in [0.2, 0.25) is 0 Å². The number of nitrogens with zero attached hydrogens (tertiary/aromatic N) is 1. The summed E-state index contributed by atoms with van der Waals surface area (Å²) >= 11 is 0. The van der Waals surface area contributed by atoms with Crippen molar-refractivity contribution in [1.29, 1.82) is 0 Å². The fraction of sp³-hybridized carbons (Fsp3) is 0.182. The molecule has 3 nitrogen and oxygen atoms in total. The summed E-state index contributed by atoms with van der Waals surface area (Å²) in [5.74, 6) is -0.276. The first-order chi connectivity index (χ1) is 7.29. The predicted molar refractivity (Wildman–Crippen MR) is 51.6 cm³/mol. The molecule has 1 aromatic carbocycles. The van der Waals surface area contributed by atoms with Gasteiger partial charge >= 0.3 is 0 Å². The molecule has 0 unspecified atom stereocenters. The Labute approximate surface area is 86.1 Å². The maximum atomic E-state index is 12.9. The number of aromatic nitrogens is 1. The van der Waals surface area contributed by atoms with Gasteiger partial charge in [0.1, 0.15) is 12.1 Å². The van der Waals surface area contributed by atoms with E-state index in [1.165, 1.54) is 18.4 Å². The van der Waals surface area contributed by atoms with Gasteiger partial charge in [-0.05, 0) is 17.7 Å². The van der Waals surface area contributed by atoms with Gasteiger partial charge in [-0.3, -0.25) is 0 Å². The van der Waals surface area contributed by atoms with Crippen molar-refractivity contribution in [2.24, 2.45) is 0 Å². The molecule has 0 fully saturated rings. The minimum atomic E-state index is -0.276. The molecule has 2 rings (SSSR count). The highest BCUT2D eigenvalue weighted by atomic mass is 19.1. The molecule has 15 heavy (non-hydrogen) atoms. The molecule has 78 valence electrons. The van der Waals surface area contributed by atoms with Crippen LogP contribution in [0.25, 0.3) is 0 Å². The van der Waals surface area contributed by atoms with Crippen molar-refractivity contribution in [2.75, 3.05) is 0 Å². The van der Waals surface area contributed by atoms with Crippen molar-refractivity contribution in [3.63, 3.8) is 0 Å². The minimum absolute atomic E-state index is 0.117. The lowest BCUT2D eigenvalue weighted by Crippen LogP contribution is -1.94. The molecule has 2 aromatic rings. The van der Waals surface area contributed by atoms with Crippen molar-refractivity contribution in [1.82, 2.24) is 5.16 Å². The van der Waals surface area contributed by atoms with E-state index in [4.69, 9.17) is 9.63 Å². The van der Waals surface area contributed by atoms with Gasteiger partial charge in [0, 0.05) is 12.0 Å². The van der Waals surface area contributed by atoms with Gasteiger partial charge in [-0.15, -0.1) is 0 Å². The molecule has 0 radical (unpaired) electrons. The van der Waals surface area contributed by atoms with E-state index in [1.807, 2.05) is 0 Å². The fourth-order valence-electron chi connectivity index (χ4n) is 1.39. The minimum Gasteiger partial charge on any atom is -0.391 e. The van der Waals surface area contributed by atoms with E-state index in [1.54, 1.807) is 12.1 Å². The summed E-state index contributed by atoms with van der Waals surface area (Å²) in [4.78, 5) is 0. The van der Waals surface area contributed by atoms with Crippen LogP contribution in [0.3, 0.4) is 0 Å². The van der Waals surface area contributed by atoms with E-state index in [0.717, 1.165) is 5.56 Å². The van der Waals surface area contributed by atoms with E-state index >= 15 is 0 Å². The number of halogens is 1. The molecule has 0 saturated heterocycles. The number of aliphatic hydroxyl groups excluding tert-OH is 1. The molecule has 0 aliphatic carbocycles. The lowest BCUT2D eigenvalue weighted by atomic mass is 10.1. The van der Waals surface area contributed by atoms with Crippen LogP contribution < -0.4 is 0 Å². The lowest BCUT2D eigenvalue weighted by Gasteiger charge is -1.99. The van der Waals surface area contributed by atoms with Crippen molar-refractivity contribution in [3.05, 3.63) is 53.2 Å². The molecule has 0 spiro atoms. The Morgan fingerprint density at radius 2 is 2.27 bits per heavy atom. The first-order valence-electron chi connectivity index (χ1n) is 4.57. The molecule has 0 aliphatic heterocycles. The number of hydrogen-bond acceptors (Lipinski definition) is 3. The first-order valence-corrected chi connectivity index (χ1v) is 4.57. The van der Waals surface area contributed by atoms with Crippen molar-refractivity contribution in [3.8, 4) is 0 Å². The molecule has 0 bridgehead atoms.